The molecule has 5 rings (SSSR count). The topological polar surface area (TPSA) is 115 Å². The third-order valence-corrected chi connectivity index (χ3v) is 7.30. The Hall–Kier alpha value is -3.28. The van der Waals surface area contributed by atoms with E-state index in [4.69, 9.17) is 11.6 Å². The van der Waals surface area contributed by atoms with Crippen LogP contribution in [0.15, 0.2) is 30.5 Å². The van der Waals surface area contributed by atoms with Gasteiger partial charge in [-0.25, -0.2) is 20.0 Å². The Labute approximate surface area is 218 Å². The van der Waals surface area contributed by atoms with Crippen LogP contribution in [-0.4, -0.2) is 58.0 Å². The molecule has 0 radical (unpaired) electrons. The fourth-order valence-corrected chi connectivity index (χ4v) is 4.92. The van der Waals surface area contributed by atoms with E-state index >= 15 is 0 Å². The Kier molecular flexibility index (Phi) is 7.04. The highest BCUT2D eigenvalue weighted by Crippen LogP contribution is 2.30. The van der Waals surface area contributed by atoms with Crippen LogP contribution >= 0.6 is 22.9 Å². The van der Waals surface area contributed by atoms with E-state index in [1.54, 1.807) is 6.07 Å². The number of nitrogens with zero attached hydrogens (tertiary/aromatic N) is 5. The number of aromatic nitrogens is 3. The van der Waals surface area contributed by atoms with Crippen LogP contribution < -0.4 is 21.0 Å². The molecular formula is C24H27ClN8O2S. The Morgan fingerprint density at radius 1 is 1.11 bits per heavy atom. The van der Waals surface area contributed by atoms with Gasteiger partial charge in [0.2, 0.25) is 5.91 Å². The van der Waals surface area contributed by atoms with Gasteiger partial charge in [-0.05, 0) is 38.3 Å². The number of nitrogens with one attached hydrogen (secondary N) is 3. The van der Waals surface area contributed by atoms with Gasteiger partial charge in [0, 0.05) is 38.2 Å². The summed E-state index contributed by atoms with van der Waals surface area (Å²) in [6.07, 6.45) is 3.51. The lowest BCUT2D eigenvalue weighted by Crippen LogP contribution is -2.54. The largest absolute Gasteiger partial charge is 0.354 e. The predicted octanol–water partition coefficient (Wildman–Crippen LogP) is 3.76. The molecule has 0 unspecified atom stereocenters. The lowest BCUT2D eigenvalue weighted by Gasteiger charge is -2.35. The molecule has 10 nitrogen and oxygen atoms in total. The van der Waals surface area contributed by atoms with E-state index in [2.05, 4.69) is 35.9 Å². The van der Waals surface area contributed by atoms with Crippen LogP contribution in [0.25, 0.3) is 0 Å². The number of anilines is 4. The summed E-state index contributed by atoms with van der Waals surface area (Å²) in [6.45, 7) is 6.65. The van der Waals surface area contributed by atoms with Gasteiger partial charge in [-0.15, -0.1) is 0 Å². The summed E-state index contributed by atoms with van der Waals surface area (Å²) in [6, 6.07) is 7.34. The van der Waals surface area contributed by atoms with Crippen molar-refractivity contribution in [2.24, 2.45) is 5.92 Å². The fourth-order valence-electron chi connectivity index (χ4n) is 3.93. The van der Waals surface area contributed by atoms with E-state index in [1.807, 2.05) is 37.1 Å². The van der Waals surface area contributed by atoms with Crippen molar-refractivity contribution in [2.75, 3.05) is 41.7 Å². The molecule has 1 saturated carbocycles. The smallest absolute Gasteiger partial charge is 0.267 e. The number of benzene rings is 1. The summed E-state index contributed by atoms with van der Waals surface area (Å²) in [7, 11) is 0. The number of hydrogen-bond acceptors (Lipinski definition) is 9. The maximum atomic E-state index is 12.7. The highest BCUT2D eigenvalue weighted by Gasteiger charge is 2.31. The van der Waals surface area contributed by atoms with E-state index in [0.29, 0.717) is 32.4 Å². The van der Waals surface area contributed by atoms with Crippen LogP contribution in [0.1, 0.15) is 33.9 Å². The summed E-state index contributed by atoms with van der Waals surface area (Å²) in [5, 5.41) is 9.08. The molecule has 1 aromatic carbocycles. The molecule has 0 bridgehead atoms. The number of aryl methyl sites for hydroxylation is 2. The van der Waals surface area contributed by atoms with Gasteiger partial charge in [-0.1, -0.05) is 35.1 Å². The van der Waals surface area contributed by atoms with Crippen molar-refractivity contribution in [3.05, 3.63) is 51.7 Å². The Bertz CT molecular complexity index is 1270. The first-order chi connectivity index (χ1) is 17.4. The minimum absolute atomic E-state index is 0.131. The standard InChI is InChI=1S/C24H27ClN8O2S/c1-14-4-3-5-17(25)21(14)30-23(35)18-13-26-24(36-18)29-19-12-20(28-15(2)27-19)32-8-10-33(11-9-32)31-22(34)16-6-7-16/h3-5,12-13,16H,6-11H2,1-2H3,(H,30,35)(H,31,34)(H,26,27,28,29). The Morgan fingerprint density at radius 2 is 1.89 bits per heavy atom. The zero-order valence-electron chi connectivity index (χ0n) is 20.0. The van der Waals surface area contributed by atoms with Crippen molar-refractivity contribution in [1.29, 1.82) is 0 Å². The molecule has 2 fully saturated rings. The monoisotopic (exact) mass is 526 g/mol. The highest BCUT2D eigenvalue weighted by atomic mass is 35.5. The van der Waals surface area contributed by atoms with Gasteiger partial charge in [-0.3, -0.25) is 15.0 Å². The molecule has 188 valence electrons. The van der Waals surface area contributed by atoms with Gasteiger partial charge in [0.25, 0.3) is 5.91 Å². The van der Waals surface area contributed by atoms with E-state index in [-0.39, 0.29) is 17.7 Å². The predicted molar refractivity (Wildman–Crippen MR) is 141 cm³/mol. The van der Waals surface area contributed by atoms with E-state index < -0.39 is 0 Å². The van der Waals surface area contributed by atoms with E-state index in [0.717, 1.165) is 50.4 Å². The first-order valence-electron chi connectivity index (χ1n) is 11.8. The van der Waals surface area contributed by atoms with Crippen LogP contribution in [0.2, 0.25) is 5.02 Å². The molecule has 3 N–H and O–H groups in total. The van der Waals surface area contributed by atoms with Gasteiger partial charge >= 0.3 is 0 Å². The maximum Gasteiger partial charge on any atom is 0.267 e. The van der Waals surface area contributed by atoms with Crippen LogP contribution in [0.3, 0.4) is 0 Å². The molecule has 0 atom stereocenters. The lowest BCUT2D eigenvalue weighted by atomic mass is 10.2. The summed E-state index contributed by atoms with van der Waals surface area (Å²) < 4.78 is 0. The van der Waals surface area contributed by atoms with Crippen molar-refractivity contribution in [1.82, 2.24) is 25.4 Å². The lowest BCUT2D eigenvalue weighted by molar-refractivity contribution is -0.127. The second kappa shape index (κ2) is 10.4. The van der Waals surface area contributed by atoms with Crippen molar-refractivity contribution in [3.8, 4) is 0 Å². The van der Waals surface area contributed by atoms with Crippen LogP contribution in [0.4, 0.5) is 22.5 Å². The minimum Gasteiger partial charge on any atom is -0.354 e. The summed E-state index contributed by atoms with van der Waals surface area (Å²) in [4.78, 5) is 40.8. The molecule has 2 amide bonds. The number of piperazine rings is 1. The van der Waals surface area contributed by atoms with Gasteiger partial charge in [0.05, 0.1) is 16.9 Å². The van der Waals surface area contributed by atoms with E-state index in [9.17, 15) is 9.59 Å². The van der Waals surface area contributed by atoms with Gasteiger partial charge in [0.15, 0.2) is 5.13 Å². The fraction of sp³-hybridized carbons (Fsp3) is 0.375. The Balaban J connectivity index is 1.21. The van der Waals surface area contributed by atoms with Crippen LogP contribution in [0.5, 0.6) is 0 Å². The molecule has 3 heterocycles. The number of thiazole rings is 1. The normalized spacial score (nSPS) is 16.0. The average molecular weight is 527 g/mol. The van der Waals surface area contributed by atoms with Crippen molar-refractivity contribution < 1.29 is 9.59 Å². The number of rotatable bonds is 7. The molecule has 12 heteroatoms. The molecule has 2 aliphatic rings. The van der Waals surface area contributed by atoms with Crippen LogP contribution in [-0.2, 0) is 4.79 Å². The second-order valence-electron chi connectivity index (χ2n) is 8.92. The number of amides is 2. The SMILES string of the molecule is Cc1nc(Nc2ncc(C(=O)Nc3c(C)cccc3Cl)s2)cc(N2CCN(NC(=O)C3CC3)CC2)n1. The number of hydrazine groups is 1. The maximum absolute atomic E-state index is 12.7. The quantitative estimate of drug-likeness (QED) is 0.426. The van der Waals surface area contributed by atoms with Crippen molar-refractivity contribution in [3.63, 3.8) is 0 Å². The molecule has 1 aliphatic heterocycles. The second-order valence-corrected chi connectivity index (χ2v) is 10.4. The molecule has 3 aromatic rings. The first kappa shape index (κ1) is 24.4. The summed E-state index contributed by atoms with van der Waals surface area (Å²) >= 11 is 7.46. The third kappa shape index (κ3) is 5.75. The number of para-hydroxylation sites is 1. The van der Waals surface area contributed by atoms with Crippen molar-refractivity contribution >= 4 is 57.2 Å². The first-order valence-corrected chi connectivity index (χ1v) is 13.0. The van der Waals surface area contributed by atoms with Crippen LogP contribution in [0, 0.1) is 19.8 Å². The molecule has 2 aromatic heterocycles. The minimum atomic E-state index is -0.275. The van der Waals surface area contributed by atoms with Gasteiger partial charge in [0.1, 0.15) is 22.3 Å². The van der Waals surface area contributed by atoms with E-state index in [1.165, 1.54) is 17.5 Å². The Morgan fingerprint density at radius 3 is 2.61 bits per heavy atom. The zero-order chi connectivity index (χ0) is 25.2. The summed E-state index contributed by atoms with van der Waals surface area (Å²) in [5.74, 6) is 2.09. The molecule has 1 aliphatic carbocycles. The third-order valence-electron chi connectivity index (χ3n) is 6.07. The molecule has 0 spiro atoms. The zero-order valence-corrected chi connectivity index (χ0v) is 21.6. The van der Waals surface area contributed by atoms with Gasteiger partial charge < -0.3 is 15.5 Å². The summed E-state index contributed by atoms with van der Waals surface area (Å²) in [5.41, 5.74) is 4.49. The van der Waals surface area contributed by atoms with Gasteiger partial charge in [-0.2, -0.15) is 0 Å². The number of halogens is 1. The average Bonchev–Trinajstić information content (AvgIpc) is 3.60. The number of carbonyl (C=O) groups is 2. The number of carbonyl (C=O) groups excluding carboxylic acids is 2. The number of hydrogen-bond donors (Lipinski definition) is 3. The molecule has 1 saturated heterocycles. The molecule has 36 heavy (non-hydrogen) atoms. The molecular weight excluding hydrogens is 500 g/mol. The highest BCUT2D eigenvalue weighted by molar-refractivity contribution is 7.17. The van der Waals surface area contributed by atoms with Crippen molar-refractivity contribution in [2.45, 2.75) is 26.7 Å².